The number of aryl methyl sites for hydroxylation is 1. The van der Waals surface area contributed by atoms with Gasteiger partial charge in [0.1, 0.15) is 24.7 Å². The number of nitrogens with one attached hydrogen (secondary N) is 1. The summed E-state index contributed by atoms with van der Waals surface area (Å²) in [5.74, 6) is -0.785. The molecule has 2 amide bonds. The van der Waals surface area contributed by atoms with Crippen LogP contribution in [-0.2, 0) is 28.9 Å². The van der Waals surface area contributed by atoms with Gasteiger partial charge in [0.25, 0.3) is 5.91 Å². The summed E-state index contributed by atoms with van der Waals surface area (Å²) in [5, 5.41) is 14.3. The predicted molar refractivity (Wildman–Crippen MR) is 122 cm³/mol. The molecule has 0 radical (unpaired) electrons. The average Bonchev–Trinajstić information content (AvgIpc) is 3.50. The maximum atomic E-state index is 13.3. The van der Waals surface area contributed by atoms with Crippen molar-refractivity contribution >= 4 is 17.5 Å². The number of anilines is 1. The van der Waals surface area contributed by atoms with E-state index in [4.69, 9.17) is 4.42 Å². The fraction of sp³-hybridized carbons (Fsp3) is 0.208. The molecule has 13 heteroatoms. The summed E-state index contributed by atoms with van der Waals surface area (Å²) in [7, 11) is 0. The number of carbonyl (C=O) groups excluding carboxylic acids is 2. The summed E-state index contributed by atoms with van der Waals surface area (Å²) in [6.45, 7) is 0.667. The van der Waals surface area contributed by atoms with Crippen LogP contribution in [0.5, 0.6) is 0 Å². The minimum atomic E-state index is -4.65. The zero-order chi connectivity index (χ0) is 26.6. The molecular formula is C24H20F4N6O3. The summed E-state index contributed by atoms with van der Waals surface area (Å²) in [6.07, 6.45) is -4.65. The highest BCUT2D eigenvalue weighted by Crippen LogP contribution is 2.31. The van der Waals surface area contributed by atoms with Gasteiger partial charge in [-0.05, 0) is 60.2 Å². The molecule has 2 aromatic heterocycles. The number of hydrogen-bond acceptors (Lipinski definition) is 6. The van der Waals surface area contributed by atoms with E-state index in [-0.39, 0.29) is 18.1 Å². The molecule has 0 aliphatic carbocycles. The fourth-order valence-electron chi connectivity index (χ4n) is 3.35. The molecule has 1 N–H and O–H groups in total. The molecule has 2 heterocycles. The van der Waals surface area contributed by atoms with E-state index in [9.17, 15) is 27.2 Å². The van der Waals surface area contributed by atoms with Gasteiger partial charge in [-0.15, -0.1) is 10.2 Å². The van der Waals surface area contributed by atoms with Gasteiger partial charge in [0, 0.05) is 12.2 Å². The third-order valence-electron chi connectivity index (χ3n) is 5.18. The second-order valence-electron chi connectivity index (χ2n) is 7.98. The predicted octanol–water partition coefficient (Wildman–Crippen LogP) is 3.75. The van der Waals surface area contributed by atoms with Crippen molar-refractivity contribution in [2.45, 2.75) is 26.2 Å². The van der Waals surface area contributed by atoms with Gasteiger partial charge in [-0.1, -0.05) is 18.2 Å². The van der Waals surface area contributed by atoms with Crippen LogP contribution in [0.2, 0.25) is 0 Å². The van der Waals surface area contributed by atoms with Crippen molar-refractivity contribution in [2.24, 2.45) is 0 Å². The topological polar surface area (TPSA) is 106 Å². The van der Waals surface area contributed by atoms with Crippen molar-refractivity contribution in [2.75, 3.05) is 11.4 Å². The number of tetrazole rings is 1. The van der Waals surface area contributed by atoms with Crippen LogP contribution >= 0.6 is 0 Å². The zero-order valence-corrected chi connectivity index (χ0v) is 19.4. The lowest BCUT2D eigenvalue weighted by Crippen LogP contribution is -2.42. The third kappa shape index (κ3) is 6.57. The summed E-state index contributed by atoms with van der Waals surface area (Å²) in [4.78, 5) is 27.6. The Hall–Kier alpha value is -4.55. The normalized spacial score (nSPS) is 11.4. The van der Waals surface area contributed by atoms with Gasteiger partial charge in [0.2, 0.25) is 11.7 Å². The lowest BCUT2D eigenvalue weighted by molar-refractivity contribution is -0.137. The number of halogens is 4. The van der Waals surface area contributed by atoms with Crippen LogP contribution in [0, 0.1) is 12.7 Å². The highest BCUT2D eigenvalue weighted by molar-refractivity contribution is 5.98. The van der Waals surface area contributed by atoms with E-state index in [0.717, 1.165) is 27.9 Å². The van der Waals surface area contributed by atoms with E-state index < -0.39 is 42.5 Å². The number of amides is 2. The van der Waals surface area contributed by atoms with Crippen molar-refractivity contribution < 1.29 is 31.6 Å². The molecular weight excluding hydrogens is 496 g/mol. The molecule has 0 aliphatic heterocycles. The smallest absolute Gasteiger partial charge is 0.416 e. The van der Waals surface area contributed by atoms with Gasteiger partial charge in [-0.25, -0.2) is 4.39 Å². The molecule has 0 fully saturated rings. The van der Waals surface area contributed by atoms with Gasteiger partial charge in [-0.2, -0.15) is 18.0 Å². The van der Waals surface area contributed by atoms with Crippen molar-refractivity contribution in [3.63, 3.8) is 0 Å². The molecule has 0 spiro atoms. The number of carbonyl (C=O) groups is 2. The molecule has 0 saturated carbocycles. The summed E-state index contributed by atoms with van der Waals surface area (Å²) < 4.78 is 58.4. The SMILES string of the molecule is Cc1ccc(-c2nnn(CC(=O)N(CC(=O)NCc3ccc(F)cc3)c3cccc(C(F)(F)F)c3)n2)o1. The van der Waals surface area contributed by atoms with Gasteiger partial charge in [-0.3, -0.25) is 9.59 Å². The first-order valence-corrected chi connectivity index (χ1v) is 10.9. The van der Waals surface area contributed by atoms with Crippen molar-refractivity contribution in [1.29, 1.82) is 0 Å². The first-order chi connectivity index (χ1) is 17.6. The Bertz CT molecular complexity index is 1400. The summed E-state index contributed by atoms with van der Waals surface area (Å²) in [6, 6.07) is 12.8. The van der Waals surface area contributed by atoms with Crippen LogP contribution in [-0.4, -0.2) is 38.6 Å². The van der Waals surface area contributed by atoms with E-state index in [2.05, 4.69) is 20.7 Å². The standard InChI is InChI=1S/C24H20F4N6O3/c1-15-5-10-20(37-15)23-30-32-34(31-23)14-22(36)33(19-4-2-3-17(11-19)24(26,27)28)13-21(35)29-12-16-6-8-18(25)9-7-16/h2-11H,12-14H2,1H3,(H,29,35). The Morgan fingerprint density at radius 3 is 2.51 bits per heavy atom. The number of furan rings is 1. The highest BCUT2D eigenvalue weighted by atomic mass is 19.4. The molecule has 2 aromatic carbocycles. The number of nitrogens with zero attached hydrogens (tertiary/aromatic N) is 5. The Labute approximate surface area is 207 Å². The molecule has 4 aromatic rings. The van der Waals surface area contributed by atoms with Crippen LogP contribution in [0.25, 0.3) is 11.6 Å². The molecule has 0 aliphatic rings. The second kappa shape index (κ2) is 10.6. The van der Waals surface area contributed by atoms with Crippen LogP contribution in [0.1, 0.15) is 16.9 Å². The van der Waals surface area contributed by atoms with Crippen LogP contribution in [0.4, 0.5) is 23.2 Å². The number of alkyl halides is 3. The van der Waals surface area contributed by atoms with E-state index in [0.29, 0.717) is 17.1 Å². The average molecular weight is 516 g/mol. The molecule has 0 unspecified atom stereocenters. The number of benzene rings is 2. The molecule has 9 nitrogen and oxygen atoms in total. The molecule has 0 saturated heterocycles. The summed E-state index contributed by atoms with van der Waals surface area (Å²) >= 11 is 0. The van der Waals surface area contributed by atoms with Crippen molar-refractivity contribution in [3.8, 4) is 11.6 Å². The lowest BCUT2D eigenvalue weighted by atomic mass is 10.1. The minimum absolute atomic E-state index is 0.0281. The Balaban J connectivity index is 1.53. The number of aromatic nitrogens is 4. The Morgan fingerprint density at radius 1 is 1.08 bits per heavy atom. The molecule has 0 bridgehead atoms. The van der Waals surface area contributed by atoms with Gasteiger partial charge in [0.15, 0.2) is 5.76 Å². The van der Waals surface area contributed by atoms with E-state index in [1.54, 1.807) is 19.1 Å². The van der Waals surface area contributed by atoms with Crippen molar-refractivity contribution in [3.05, 3.63) is 83.4 Å². The maximum absolute atomic E-state index is 13.3. The van der Waals surface area contributed by atoms with Crippen LogP contribution in [0.15, 0.2) is 65.1 Å². The number of rotatable bonds is 8. The molecule has 37 heavy (non-hydrogen) atoms. The van der Waals surface area contributed by atoms with Crippen LogP contribution in [0.3, 0.4) is 0 Å². The van der Waals surface area contributed by atoms with E-state index >= 15 is 0 Å². The summed E-state index contributed by atoms with van der Waals surface area (Å²) in [5.41, 5.74) is -0.526. The Kier molecular flexibility index (Phi) is 7.32. The van der Waals surface area contributed by atoms with Gasteiger partial charge in [0.05, 0.1) is 5.56 Å². The molecule has 0 atom stereocenters. The maximum Gasteiger partial charge on any atom is 0.416 e. The van der Waals surface area contributed by atoms with E-state index in [1.165, 1.54) is 30.3 Å². The number of hydrogen-bond donors (Lipinski definition) is 1. The van der Waals surface area contributed by atoms with E-state index in [1.807, 2.05) is 0 Å². The lowest BCUT2D eigenvalue weighted by Gasteiger charge is -2.23. The third-order valence-corrected chi connectivity index (χ3v) is 5.18. The quantitative estimate of drug-likeness (QED) is 0.358. The fourth-order valence-corrected chi connectivity index (χ4v) is 3.35. The van der Waals surface area contributed by atoms with Crippen molar-refractivity contribution in [1.82, 2.24) is 25.5 Å². The van der Waals surface area contributed by atoms with Gasteiger partial charge >= 0.3 is 6.18 Å². The van der Waals surface area contributed by atoms with Gasteiger partial charge < -0.3 is 14.6 Å². The van der Waals surface area contributed by atoms with Crippen LogP contribution < -0.4 is 10.2 Å². The minimum Gasteiger partial charge on any atom is -0.458 e. The zero-order valence-electron chi connectivity index (χ0n) is 19.4. The molecule has 4 rings (SSSR count). The molecule has 192 valence electrons. The first kappa shape index (κ1) is 25.5. The second-order valence-corrected chi connectivity index (χ2v) is 7.98. The first-order valence-electron chi connectivity index (χ1n) is 10.9. The highest BCUT2D eigenvalue weighted by Gasteiger charge is 2.31. The Morgan fingerprint density at radius 2 is 1.84 bits per heavy atom. The largest absolute Gasteiger partial charge is 0.458 e. The monoisotopic (exact) mass is 516 g/mol.